The maximum Gasteiger partial charge on any atom is 0.300 e. The van der Waals surface area contributed by atoms with Gasteiger partial charge in [-0.25, -0.2) is 0 Å². The van der Waals surface area contributed by atoms with E-state index in [0.717, 1.165) is 5.56 Å². The average Bonchev–Trinajstić information content (AvgIpc) is 3.06. The standard InChI is InChI=1S/C26H22Cl2N2O3/c1-26(2,3)17-5-7-18(8-6-17)30-22(15-10-12-29-13-11-15)21(24(32)25(30)33)23(31)16-4-9-19(27)20(28)14-16/h4-14,22,31H,1-3H3/b23-21-. The molecule has 33 heavy (non-hydrogen) atoms. The summed E-state index contributed by atoms with van der Waals surface area (Å²) in [6, 6.07) is 14.7. The second-order valence-corrected chi connectivity index (χ2v) is 9.69. The number of pyridine rings is 1. The summed E-state index contributed by atoms with van der Waals surface area (Å²) in [6.45, 7) is 6.30. The van der Waals surface area contributed by atoms with Crippen molar-refractivity contribution in [2.24, 2.45) is 0 Å². The maximum atomic E-state index is 13.2. The van der Waals surface area contributed by atoms with Crippen LogP contribution in [0.2, 0.25) is 10.0 Å². The highest BCUT2D eigenvalue weighted by Crippen LogP contribution is 2.42. The van der Waals surface area contributed by atoms with Gasteiger partial charge in [0.25, 0.3) is 11.7 Å². The minimum Gasteiger partial charge on any atom is -0.507 e. The van der Waals surface area contributed by atoms with Gasteiger partial charge in [-0.3, -0.25) is 19.5 Å². The number of Topliss-reactive ketones (excluding diaryl/α,β-unsaturated/α-hetero) is 1. The highest BCUT2D eigenvalue weighted by molar-refractivity contribution is 6.51. The lowest BCUT2D eigenvalue weighted by Gasteiger charge is -2.26. The molecule has 1 unspecified atom stereocenters. The SMILES string of the molecule is CC(C)(C)c1ccc(N2C(=O)C(=O)/C(=C(\O)c3ccc(Cl)c(Cl)c3)C2c2ccncc2)cc1. The third kappa shape index (κ3) is 4.26. The Morgan fingerprint density at radius 1 is 0.939 bits per heavy atom. The molecular formula is C26H22Cl2N2O3. The van der Waals surface area contributed by atoms with Gasteiger partial charge in [0.15, 0.2) is 0 Å². The summed E-state index contributed by atoms with van der Waals surface area (Å²) >= 11 is 12.1. The molecule has 1 saturated heterocycles. The van der Waals surface area contributed by atoms with Crippen molar-refractivity contribution in [2.45, 2.75) is 32.2 Å². The van der Waals surface area contributed by atoms with Crippen molar-refractivity contribution >= 4 is 46.3 Å². The summed E-state index contributed by atoms with van der Waals surface area (Å²) in [4.78, 5) is 31.8. The van der Waals surface area contributed by atoms with Crippen LogP contribution in [0, 0.1) is 0 Å². The number of carbonyl (C=O) groups excluding carboxylic acids is 2. The first-order chi connectivity index (χ1) is 15.6. The van der Waals surface area contributed by atoms with Crippen LogP contribution in [0.25, 0.3) is 5.76 Å². The molecule has 1 fully saturated rings. The fourth-order valence-electron chi connectivity index (χ4n) is 3.88. The molecule has 1 atom stereocenters. The lowest BCUT2D eigenvalue weighted by atomic mass is 9.87. The first kappa shape index (κ1) is 23.0. The topological polar surface area (TPSA) is 70.5 Å². The molecule has 3 aromatic rings. The molecule has 1 aliphatic rings. The van der Waals surface area contributed by atoms with Crippen molar-refractivity contribution in [1.82, 2.24) is 4.98 Å². The number of carbonyl (C=O) groups is 2. The van der Waals surface area contributed by atoms with E-state index in [1.54, 1.807) is 30.6 Å². The Morgan fingerprint density at radius 2 is 1.58 bits per heavy atom. The van der Waals surface area contributed by atoms with E-state index in [4.69, 9.17) is 23.2 Å². The van der Waals surface area contributed by atoms with E-state index in [9.17, 15) is 14.7 Å². The van der Waals surface area contributed by atoms with E-state index in [0.29, 0.717) is 21.8 Å². The third-order valence-corrected chi connectivity index (χ3v) is 6.41. The molecule has 1 N–H and O–H groups in total. The summed E-state index contributed by atoms with van der Waals surface area (Å²) < 4.78 is 0. The molecule has 1 aromatic heterocycles. The predicted molar refractivity (Wildman–Crippen MR) is 131 cm³/mol. The van der Waals surface area contributed by atoms with Crippen molar-refractivity contribution in [3.05, 3.63) is 99.3 Å². The van der Waals surface area contributed by atoms with Gasteiger partial charge >= 0.3 is 0 Å². The van der Waals surface area contributed by atoms with Gasteiger partial charge in [0.2, 0.25) is 0 Å². The Kier molecular flexibility index (Phi) is 6.04. The van der Waals surface area contributed by atoms with Gasteiger partial charge in [-0.1, -0.05) is 56.1 Å². The van der Waals surface area contributed by atoms with Crippen molar-refractivity contribution < 1.29 is 14.7 Å². The largest absolute Gasteiger partial charge is 0.507 e. The fourth-order valence-corrected chi connectivity index (χ4v) is 4.18. The van der Waals surface area contributed by atoms with E-state index in [-0.39, 0.29) is 21.8 Å². The molecule has 0 saturated carbocycles. The van der Waals surface area contributed by atoms with E-state index >= 15 is 0 Å². The smallest absolute Gasteiger partial charge is 0.300 e. The molecule has 168 valence electrons. The molecule has 2 aromatic carbocycles. The number of halogens is 2. The number of aromatic nitrogens is 1. The van der Waals surface area contributed by atoms with Crippen molar-refractivity contribution in [3.8, 4) is 0 Å². The fraction of sp³-hybridized carbons (Fsp3) is 0.192. The van der Waals surface area contributed by atoms with Crippen molar-refractivity contribution in [3.63, 3.8) is 0 Å². The maximum absolute atomic E-state index is 13.2. The van der Waals surface area contributed by atoms with Crippen LogP contribution in [0.4, 0.5) is 5.69 Å². The average molecular weight is 481 g/mol. The number of ketones is 1. The Morgan fingerprint density at radius 3 is 2.15 bits per heavy atom. The third-order valence-electron chi connectivity index (χ3n) is 5.67. The van der Waals surface area contributed by atoms with E-state index in [2.05, 4.69) is 25.8 Å². The molecule has 0 aliphatic carbocycles. The molecule has 0 spiro atoms. The Bertz CT molecular complexity index is 1260. The van der Waals surface area contributed by atoms with Crippen molar-refractivity contribution in [2.75, 3.05) is 4.90 Å². The zero-order chi connectivity index (χ0) is 23.9. The summed E-state index contributed by atoms with van der Waals surface area (Å²) in [7, 11) is 0. The van der Waals surface area contributed by atoms with E-state index in [1.807, 2.05) is 24.3 Å². The van der Waals surface area contributed by atoms with Crippen molar-refractivity contribution in [1.29, 1.82) is 0 Å². The highest BCUT2D eigenvalue weighted by Gasteiger charge is 2.47. The number of rotatable bonds is 3. The van der Waals surface area contributed by atoms with Crippen LogP contribution in [0.15, 0.2) is 72.6 Å². The van der Waals surface area contributed by atoms with Crippen LogP contribution in [-0.2, 0) is 15.0 Å². The Balaban J connectivity index is 1.90. The zero-order valence-electron chi connectivity index (χ0n) is 18.3. The number of hydrogen-bond acceptors (Lipinski definition) is 4. The van der Waals surface area contributed by atoms with E-state index in [1.165, 1.54) is 17.0 Å². The molecule has 7 heteroatoms. The monoisotopic (exact) mass is 480 g/mol. The van der Waals surface area contributed by atoms with Gasteiger partial charge in [0, 0.05) is 23.6 Å². The number of hydrogen-bond donors (Lipinski definition) is 1. The molecular weight excluding hydrogens is 459 g/mol. The van der Waals surface area contributed by atoms with Crippen LogP contribution in [0.5, 0.6) is 0 Å². The van der Waals surface area contributed by atoms with Crippen LogP contribution in [0.3, 0.4) is 0 Å². The number of aliphatic hydroxyl groups excluding tert-OH is 1. The van der Waals surface area contributed by atoms with Crippen LogP contribution < -0.4 is 4.90 Å². The number of benzene rings is 2. The highest BCUT2D eigenvalue weighted by atomic mass is 35.5. The van der Waals surface area contributed by atoms with Gasteiger partial charge in [-0.15, -0.1) is 0 Å². The lowest BCUT2D eigenvalue weighted by molar-refractivity contribution is -0.132. The second kappa shape index (κ2) is 8.65. The predicted octanol–water partition coefficient (Wildman–Crippen LogP) is 6.31. The molecule has 0 radical (unpaired) electrons. The molecule has 1 amide bonds. The van der Waals surface area contributed by atoms with E-state index < -0.39 is 17.7 Å². The van der Waals surface area contributed by atoms with Crippen LogP contribution >= 0.6 is 23.2 Å². The molecule has 1 aliphatic heterocycles. The molecule has 2 heterocycles. The zero-order valence-corrected chi connectivity index (χ0v) is 19.9. The Hall–Kier alpha value is -3.15. The van der Waals surface area contributed by atoms with Crippen LogP contribution in [-0.4, -0.2) is 21.8 Å². The molecule has 0 bridgehead atoms. The number of anilines is 1. The summed E-state index contributed by atoms with van der Waals surface area (Å²) in [5, 5.41) is 11.7. The number of aliphatic hydroxyl groups is 1. The second-order valence-electron chi connectivity index (χ2n) is 8.88. The quantitative estimate of drug-likeness (QED) is 0.270. The summed E-state index contributed by atoms with van der Waals surface area (Å²) in [6.07, 6.45) is 3.16. The summed E-state index contributed by atoms with van der Waals surface area (Å²) in [5.74, 6) is -1.82. The molecule has 5 nitrogen and oxygen atoms in total. The minimum atomic E-state index is -0.831. The van der Waals surface area contributed by atoms with Gasteiger partial charge in [0.05, 0.1) is 21.7 Å². The van der Waals surface area contributed by atoms with Gasteiger partial charge in [-0.05, 0) is 59.0 Å². The Labute approximate surface area is 202 Å². The lowest BCUT2D eigenvalue weighted by Crippen LogP contribution is -2.29. The first-order valence-electron chi connectivity index (χ1n) is 10.4. The number of amides is 1. The summed E-state index contributed by atoms with van der Waals surface area (Å²) in [5.41, 5.74) is 2.50. The first-order valence-corrected chi connectivity index (χ1v) is 11.1. The van der Waals surface area contributed by atoms with Crippen LogP contribution in [0.1, 0.15) is 43.5 Å². The minimum absolute atomic E-state index is 0.0236. The van der Waals surface area contributed by atoms with Gasteiger partial charge in [-0.2, -0.15) is 0 Å². The molecule has 4 rings (SSSR count). The van der Waals surface area contributed by atoms with Gasteiger partial charge in [0.1, 0.15) is 5.76 Å². The number of nitrogens with zero attached hydrogens (tertiary/aromatic N) is 2. The van der Waals surface area contributed by atoms with Gasteiger partial charge < -0.3 is 5.11 Å². The normalized spacial score (nSPS) is 18.1.